The molecule has 0 bridgehead atoms. The van der Waals surface area contributed by atoms with Crippen molar-refractivity contribution < 1.29 is 4.79 Å². The van der Waals surface area contributed by atoms with Crippen LogP contribution >= 0.6 is 23.1 Å². The maximum absolute atomic E-state index is 12.0. The summed E-state index contributed by atoms with van der Waals surface area (Å²) in [6.45, 7) is 5.92. The van der Waals surface area contributed by atoms with E-state index in [9.17, 15) is 4.79 Å². The number of rotatable bonds is 6. The number of nitrogens with two attached hydrogens (primary N) is 1. The monoisotopic (exact) mass is 336 g/mol. The van der Waals surface area contributed by atoms with Crippen molar-refractivity contribution in [1.29, 1.82) is 0 Å². The maximum atomic E-state index is 12.0. The van der Waals surface area contributed by atoms with Crippen molar-refractivity contribution in [2.45, 2.75) is 48.9 Å². The van der Waals surface area contributed by atoms with E-state index in [4.69, 9.17) is 5.73 Å². The van der Waals surface area contributed by atoms with E-state index in [1.807, 2.05) is 39.0 Å². The zero-order valence-corrected chi connectivity index (χ0v) is 14.6. The second kappa shape index (κ2) is 7.71. The molecule has 118 valence electrons. The molecule has 1 aromatic carbocycles. The highest BCUT2D eigenvalue weighted by Crippen LogP contribution is 2.32. The molecule has 0 saturated carbocycles. The molecule has 1 amide bonds. The van der Waals surface area contributed by atoms with Crippen molar-refractivity contribution in [1.82, 2.24) is 10.2 Å². The largest absolute Gasteiger partial charge is 0.324 e. The van der Waals surface area contributed by atoms with Crippen LogP contribution < -0.4 is 11.1 Å². The molecule has 2 rings (SSSR count). The van der Waals surface area contributed by atoms with Gasteiger partial charge < -0.3 is 11.1 Å². The van der Waals surface area contributed by atoms with Gasteiger partial charge >= 0.3 is 0 Å². The molecular weight excluding hydrogens is 316 g/mol. The number of anilines is 1. The summed E-state index contributed by atoms with van der Waals surface area (Å²) in [6.07, 6.45) is 1.58. The third-order valence-electron chi connectivity index (χ3n) is 3.10. The van der Waals surface area contributed by atoms with Gasteiger partial charge in [0.05, 0.1) is 6.04 Å². The summed E-state index contributed by atoms with van der Waals surface area (Å²) in [6, 6.07) is 5.45. The average molecular weight is 336 g/mol. The van der Waals surface area contributed by atoms with Crippen LogP contribution in [0.2, 0.25) is 0 Å². The molecule has 0 radical (unpaired) electrons. The molecule has 2 aromatic rings. The van der Waals surface area contributed by atoms with Crippen molar-refractivity contribution in [3.63, 3.8) is 0 Å². The van der Waals surface area contributed by atoms with Gasteiger partial charge in [-0.3, -0.25) is 4.79 Å². The average Bonchev–Trinajstić information content (AvgIpc) is 2.87. The van der Waals surface area contributed by atoms with Crippen LogP contribution in [0.4, 0.5) is 5.69 Å². The van der Waals surface area contributed by atoms with E-state index in [1.165, 1.54) is 0 Å². The lowest BCUT2D eigenvalue weighted by molar-refractivity contribution is -0.117. The molecule has 0 fully saturated rings. The highest BCUT2D eigenvalue weighted by molar-refractivity contribution is 8.01. The van der Waals surface area contributed by atoms with Gasteiger partial charge in [-0.1, -0.05) is 36.4 Å². The van der Waals surface area contributed by atoms with Crippen molar-refractivity contribution in [3.05, 3.63) is 28.8 Å². The number of benzene rings is 1. The molecule has 22 heavy (non-hydrogen) atoms. The van der Waals surface area contributed by atoms with Crippen LogP contribution in [-0.4, -0.2) is 22.1 Å². The van der Waals surface area contributed by atoms with Crippen molar-refractivity contribution in [2.24, 2.45) is 5.73 Å². The second-order valence-corrected chi connectivity index (χ2v) is 7.55. The van der Waals surface area contributed by atoms with E-state index in [0.717, 1.165) is 31.9 Å². The number of carbonyl (C=O) groups is 1. The number of nitrogens with zero attached hydrogens (tertiary/aromatic N) is 2. The van der Waals surface area contributed by atoms with Crippen LogP contribution in [-0.2, 0) is 4.79 Å². The lowest BCUT2D eigenvalue weighted by atomic mass is 10.1. The molecular formula is C15H20N4OS2. The van der Waals surface area contributed by atoms with E-state index in [2.05, 4.69) is 15.5 Å². The van der Waals surface area contributed by atoms with E-state index in [-0.39, 0.29) is 5.91 Å². The summed E-state index contributed by atoms with van der Waals surface area (Å²) >= 11 is 3.14. The number of amides is 1. The molecule has 0 aliphatic rings. The molecule has 1 unspecified atom stereocenters. The highest BCUT2D eigenvalue weighted by atomic mass is 32.2. The lowest BCUT2D eigenvalue weighted by Crippen LogP contribution is -2.35. The Balaban J connectivity index is 2.04. The van der Waals surface area contributed by atoms with Gasteiger partial charge in [-0.05, 0) is 44.0 Å². The third kappa shape index (κ3) is 4.53. The minimum Gasteiger partial charge on any atom is -0.324 e. The topological polar surface area (TPSA) is 80.9 Å². The molecule has 1 heterocycles. The van der Waals surface area contributed by atoms with Gasteiger partial charge in [0.2, 0.25) is 5.91 Å². The molecule has 7 heteroatoms. The number of hydrogen-bond acceptors (Lipinski definition) is 6. The van der Waals surface area contributed by atoms with Crippen molar-refractivity contribution in [3.8, 4) is 0 Å². The van der Waals surface area contributed by atoms with Gasteiger partial charge in [-0.2, -0.15) is 0 Å². The molecule has 0 aliphatic carbocycles. The first-order valence-electron chi connectivity index (χ1n) is 7.14. The number of hydrogen-bond donors (Lipinski definition) is 2. The summed E-state index contributed by atoms with van der Waals surface area (Å²) in [7, 11) is 0. The third-order valence-corrected chi connectivity index (χ3v) is 4.98. The Kier molecular flexibility index (Phi) is 5.93. The van der Waals surface area contributed by atoms with Gasteiger partial charge in [-0.25, -0.2) is 0 Å². The van der Waals surface area contributed by atoms with E-state index < -0.39 is 6.04 Å². The zero-order valence-electron chi connectivity index (χ0n) is 12.9. The van der Waals surface area contributed by atoms with E-state index >= 15 is 0 Å². The van der Waals surface area contributed by atoms with Crippen molar-refractivity contribution >= 4 is 34.7 Å². The predicted octanol–water partition coefficient (Wildman–Crippen LogP) is 3.37. The Labute approximate surface area is 138 Å². The zero-order chi connectivity index (χ0) is 16.1. The van der Waals surface area contributed by atoms with Crippen LogP contribution in [0.25, 0.3) is 0 Å². The van der Waals surface area contributed by atoms with Crippen LogP contribution in [0, 0.1) is 13.8 Å². The summed E-state index contributed by atoms with van der Waals surface area (Å²) in [4.78, 5) is 13.0. The minimum absolute atomic E-state index is 0.134. The first-order chi connectivity index (χ1) is 10.5. The van der Waals surface area contributed by atoms with Gasteiger partial charge in [-0.15, -0.1) is 10.2 Å². The van der Waals surface area contributed by atoms with Gasteiger partial charge in [0.15, 0.2) is 4.34 Å². The Morgan fingerprint density at radius 3 is 2.77 bits per heavy atom. The number of nitrogens with one attached hydrogen (secondary N) is 1. The number of aryl methyl sites for hydroxylation is 2. The van der Waals surface area contributed by atoms with Crippen LogP contribution in [0.5, 0.6) is 0 Å². The summed E-state index contributed by atoms with van der Waals surface area (Å²) in [5.41, 5.74) is 7.63. The Morgan fingerprint density at radius 2 is 2.18 bits per heavy atom. The standard InChI is InChI=1S/C15H20N4OS2/c1-4-5-12(16)14(20)17-13-7-6-11(8-9(13)2)22-15-19-18-10(3)21-15/h6-8,12H,4-5,16H2,1-3H3,(H,17,20). The smallest absolute Gasteiger partial charge is 0.241 e. The molecule has 0 saturated heterocycles. The van der Waals surface area contributed by atoms with E-state index in [0.29, 0.717) is 6.42 Å². The Hall–Kier alpha value is -1.44. The molecule has 0 spiro atoms. The fourth-order valence-electron chi connectivity index (χ4n) is 1.93. The summed E-state index contributed by atoms with van der Waals surface area (Å²) < 4.78 is 0.915. The van der Waals surface area contributed by atoms with Crippen LogP contribution in [0.15, 0.2) is 27.4 Å². The molecule has 5 nitrogen and oxygen atoms in total. The maximum Gasteiger partial charge on any atom is 0.241 e. The predicted molar refractivity (Wildman–Crippen MR) is 91.5 cm³/mol. The molecule has 1 atom stereocenters. The SMILES string of the molecule is CCCC(N)C(=O)Nc1ccc(Sc2nnc(C)s2)cc1C. The molecule has 3 N–H and O–H groups in total. The Morgan fingerprint density at radius 1 is 1.41 bits per heavy atom. The first kappa shape index (κ1) is 16.9. The van der Waals surface area contributed by atoms with Crippen LogP contribution in [0.3, 0.4) is 0 Å². The van der Waals surface area contributed by atoms with Gasteiger partial charge in [0.1, 0.15) is 5.01 Å². The lowest BCUT2D eigenvalue weighted by Gasteiger charge is -2.13. The van der Waals surface area contributed by atoms with Crippen molar-refractivity contribution in [2.75, 3.05) is 5.32 Å². The normalized spacial score (nSPS) is 12.2. The Bertz CT molecular complexity index is 657. The quantitative estimate of drug-likeness (QED) is 0.845. The summed E-state index contributed by atoms with van der Waals surface area (Å²) in [5.74, 6) is -0.134. The summed E-state index contributed by atoms with van der Waals surface area (Å²) in [5, 5.41) is 11.9. The van der Waals surface area contributed by atoms with Crippen LogP contribution in [0.1, 0.15) is 30.3 Å². The van der Waals surface area contributed by atoms with E-state index in [1.54, 1.807) is 23.1 Å². The first-order valence-corrected chi connectivity index (χ1v) is 8.78. The molecule has 0 aliphatic heterocycles. The van der Waals surface area contributed by atoms with Gasteiger partial charge in [0, 0.05) is 10.6 Å². The number of aromatic nitrogens is 2. The minimum atomic E-state index is -0.456. The van der Waals surface area contributed by atoms with Gasteiger partial charge in [0.25, 0.3) is 0 Å². The number of carbonyl (C=O) groups excluding carboxylic acids is 1. The fourth-order valence-corrected chi connectivity index (χ4v) is 3.82. The second-order valence-electron chi connectivity index (χ2n) is 5.05. The highest BCUT2D eigenvalue weighted by Gasteiger charge is 2.13. The fraction of sp³-hybridized carbons (Fsp3) is 0.400. The molecule has 1 aromatic heterocycles.